The van der Waals surface area contributed by atoms with Crippen molar-refractivity contribution in [2.45, 2.75) is 44.8 Å². The van der Waals surface area contributed by atoms with Crippen LogP contribution < -0.4 is 15.0 Å². The molecule has 0 bridgehead atoms. The van der Waals surface area contributed by atoms with Gasteiger partial charge < -0.3 is 19.3 Å². The number of amides is 2. The Morgan fingerprint density at radius 1 is 1.11 bits per heavy atom. The first-order valence-corrected chi connectivity index (χ1v) is 11.4. The lowest BCUT2D eigenvalue weighted by atomic mass is 9.90. The molecule has 1 aliphatic carbocycles. The van der Waals surface area contributed by atoms with Crippen molar-refractivity contribution in [3.63, 3.8) is 0 Å². The molecule has 180 valence electrons. The molecule has 1 aromatic heterocycles. The summed E-state index contributed by atoms with van der Waals surface area (Å²) < 4.78 is 15.8. The summed E-state index contributed by atoms with van der Waals surface area (Å²) in [6.45, 7) is 1.34. The number of benzene rings is 2. The SMILES string of the molecule is Cc1nc(COc2ccc(C(=O)OCC(=O)N3c4ccccc4NC(=O)C34CCCC4)cc2)no1. The second-order valence-electron chi connectivity index (χ2n) is 8.56. The van der Waals surface area contributed by atoms with E-state index in [1.54, 1.807) is 49.4 Å². The van der Waals surface area contributed by atoms with Crippen molar-refractivity contribution in [2.24, 2.45) is 0 Å². The first-order chi connectivity index (χ1) is 17.0. The molecule has 0 radical (unpaired) electrons. The third-order valence-electron chi connectivity index (χ3n) is 6.28. The number of anilines is 2. The van der Waals surface area contributed by atoms with E-state index >= 15 is 0 Å². The lowest BCUT2D eigenvalue weighted by Gasteiger charge is -2.44. The largest absolute Gasteiger partial charge is 0.485 e. The highest BCUT2D eigenvalue weighted by Crippen LogP contribution is 2.45. The van der Waals surface area contributed by atoms with E-state index in [2.05, 4.69) is 15.5 Å². The summed E-state index contributed by atoms with van der Waals surface area (Å²) in [5.41, 5.74) is 0.510. The fourth-order valence-electron chi connectivity index (χ4n) is 4.64. The molecule has 1 aliphatic heterocycles. The third-order valence-corrected chi connectivity index (χ3v) is 6.28. The molecule has 2 amide bonds. The van der Waals surface area contributed by atoms with Crippen LogP contribution in [0, 0.1) is 6.92 Å². The zero-order valence-corrected chi connectivity index (χ0v) is 19.2. The van der Waals surface area contributed by atoms with Crippen molar-refractivity contribution < 1.29 is 28.4 Å². The van der Waals surface area contributed by atoms with Gasteiger partial charge in [0.1, 0.15) is 11.3 Å². The van der Waals surface area contributed by atoms with Crippen LogP contribution in [0.4, 0.5) is 11.4 Å². The Morgan fingerprint density at radius 3 is 2.57 bits per heavy atom. The molecule has 3 aromatic rings. The minimum Gasteiger partial charge on any atom is -0.485 e. The van der Waals surface area contributed by atoms with Gasteiger partial charge in [0, 0.05) is 6.92 Å². The maximum atomic E-state index is 13.3. The van der Waals surface area contributed by atoms with Crippen molar-refractivity contribution in [1.29, 1.82) is 0 Å². The normalized spacial score (nSPS) is 16.0. The number of aryl methyl sites for hydroxylation is 1. The Hall–Kier alpha value is -4.21. The third kappa shape index (κ3) is 4.34. The summed E-state index contributed by atoms with van der Waals surface area (Å²) in [5, 5.41) is 6.68. The van der Waals surface area contributed by atoms with Crippen molar-refractivity contribution >= 4 is 29.2 Å². The topological polar surface area (TPSA) is 124 Å². The molecular weight excluding hydrogens is 452 g/mol. The standard InChI is InChI=1S/C25H24N4O6/c1-16-26-21(28-35-16)14-33-18-10-8-17(9-11-18)23(31)34-15-22(30)29-20-7-3-2-6-19(20)27-24(32)25(29)12-4-5-13-25/h2-3,6-11H,4-5,12-15H2,1H3,(H,27,32). The van der Waals surface area contributed by atoms with Gasteiger partial charge in [0.25, 0.3) is 11.8 Å². The summed E-state index contributed by atoms with van der Waals surface area (Å²) in [6, 6.07) is 13.5. The second kappa shape index (κ2) is 9.21. The molecule has 10 nitrogen and oxygen atoms in total. The number of carbonyl (C=O) groups excluding carboxylic acids is 3. The van der Waals surface area contributed by atoms with Crippen molar-refractivity contribution in [3.8, 4) is 5.75 Å². The number of ether oxygens (including phenoxy) is 2. The quantitative estimate of drug-likeness (QED) is 0.537. The van der Waals surface area contributed by atoms with E-state index in [1.165, 1.54) is 4.90 Å². The van der Waals surface area contributed by atoms with Crippen LogP contribution in [-0.2, 0) is 20.9 Å². The maximum absolute atomic E-state index is 13.3. The molecule has 1 fully saturated rings. The number of nitrogens with one attached hydrogen (secondary N) is 1. The molecule has 1 spiro atoms. The molecule has 5 rings (SSSR count). The number of hydrogen-bond donors (Lipinski definition) is 1. The number of hydrogen-bond acceptors (Lipinski definition) is 8. The second-order valence-corrected chi connectivity index (χ2v) is 8.56. The van der Waals surface area contributed by atoms with E-state index in [0.29, 0.717) is 41.7 Å². The highest BCUT2D eigenvalue weighted by atomic mass is 16.5. The average Bonchev–Trinajstić information content (AvgIpc) is 3.52. The van der Waals surface area contributed by atoms with Gasteiger partial charge in [-0.3, -0.25) is 14.5 Å². The lowest BCUT2D eigenvalue weighted by molar-refractivity contribution is -0.129. The Bertz CT molecular complexity index is 1260. The minimum atomic E-state index is -0.950. The van der Waals surface area contributed by atoms with Gasteiger partial charge in [-0.25, -0.2) is 4.79 Å². The van der Waals surface area contributed by atoms with Crippen LogP contribution in [0.3, 0.4) is 0 Å². The van der Waals surface area contributed by atoms with Crippen LogP contribution in [0.15, 0.2) is 53.1 Å². The van der Waals surface area contributed by atoms with Gasteiger partial charge in [-0.15, -0.1) is 0 Å². The predicted octanol–water partition coefficient (Wildman–Crippen LogP) is 3.41. The number of rotatable bonds is 6. The van der Waals surface area contributed by atoms with Gasteiger partial charge in [-0.05, 0) is 49.2 Å². The van der Waals surface area contributed by atoms with E-state index in [9.17, 15) is 14.4 Å². The van der Waals surface area contributed by atoms with Crippen molar-refractivity contribution in [3.05, 3.63) is 65.8 Å². The molecule has 2 heterocycles. The highest BCUT2D eigenvalue weighted by molar-refractivity contribution is 6.15. The first kappa shape index (κ1) is 22.6. The van der Waals surface area contributed by atoms with Crippen molar-refractivity contribution in [2.75, 3.05) is 16.8 Å². The predicted molar refractivity (Wildman–Crippen MR) is 124 cm³/mol. The van der Waals surface area contributed by atoms with Gasteiger partial charge in [0.05, 0.1) is 16.9 Å². The van der Waals surface area contributed by atoms with Crippen LogP contribution in [0.1, 0.15) is 47.8 Å². The number of aromatic nitrogens is 2. The number of esters is 1. The molecule has 0 atom stereocenters. The van der Waals surface area contributed by atoms with Crippen LogP contribution in [0.5, 0.6) is 5.75 Å². The molecule has 35 heavy (non-hydrogen) atoms. The molecule has 2 aliphatic rings. The summed E-state index contributed by atoms with van der Waals surface area (Å²) >= 11 is 0. The number of carbonyl (C=O) groups is 3. The van der Waals surface area contributed by atoms with Crippen LogP contribution in [0.2, 0.25) is 0 Å². The van der Waals surface area contributed by atoms with E-state index in [0.717, 1.165) is 12.8 Å². The average molecular weight is 476 g/mol. The van der Waals surface area contributed by atoms with E-state index in [-0.39, 0.29) is 18.1 Å². The smallest absolute Gasteiger partial charge is 0.338 e. The van der Waals surface area contributed by atoms with Gasteiger partial charge in [0.15, 0.2) is 13.2 Å². The van der Waals surface area contributed by atoms with Crippen molar-refractivity contribution in [1.82, 2.24) is 10.1 Å². The summed E-state index contributed by atoms with van der Waals surface area (Å²) in [5.74, 6) is 0.104. The van der Waals surface area contributed by atoms with Crippen LogP contribution in [0.25, 0.3) is 0 Å². The van der Waals surface area contributed by atoms with Gasteiger partial charge in [-0.1, -0.05) is 30.1 Å². The number of nitrogens with zero attached hydrogens (tertiary/aromatic N) is 3. The molecule has 1 N–H and O–H groups in total. The zero-order chi connectivity index (χ0) is 24.4. The van der Waals surface area contributed by atoms with Gasteiger partial charge in [-0.2, -0.15) is 4.98 Å². The summed E-state index contributed by atoms with van der Waals surface area (Å²) in [4.78, 5) is 44.5. The molecule has 0 saturated heterocycles. The lowest BCUT2D eigenvalue weighted by Crippen LogP contribution is -2.61. The molecular formula is C25H24N4O6. The first-order valence-electron chi connectivity index (χ1n) is 11.4. The minimum absolute atomic E-state index is 0.127. The number of fused-ring (bicyclic) bond motifs is 1. The monoisotopic (exact) mass is 476 g/mol. The fourth-order valence-corrected chi connectivity index (χ4v) is 4.64. The van der Waals surface area contributed by atoms with E-state index in [1.807, 2.05) is 6.07 Å². The Morgan fingerprint density at radius 2 is 1.86 bits per heavy atom. The van der Waals surface area contributed by atoms with Gasteiger partial charge in [0.2, 0.25) is 11.7 Å². The van der Waals surface area contributed by atoms with Gasteiger partial charge >= 0.3 is 5.97 Å². The Labute approximate surface area is 201 Å². The summed E-state index contributed by atoms with van der Waals surface area (Å²) in [6.07, 6.45) is 2.83. The molecule has 10 heteroatoms. The maximum Gasteiger partial charge on any atom is 0.338 e. The number of para-hydroxylation sites is 2. The Kier molecular flexibility index (Phi) is 5.94. The van der Waals surface area contributed by atoms with E-state index < -0.39 is 24.0 Å². The fraction of sp³-hybridized carbons (Fsp3) is 0.320. The summed E-state index contributed by atoms with van der Waals surface area (Å²) in [7, 11) is 0. The zero-order valence-electron chi connectivity index (χ0n) is 19.2. The molecule has 2 aromatic carbocycles. The molecule has 0 unspecified atom stereocenters. The highest BCUT2D eigenvalue weighted by Gasteiger charge is 2.52. The Balaban J connectivity index is 1.24. The van der Waals surface area contributed by atoms with E-state index in [4.69, 9.17) is 14.0 Å². The molecule has 1 saturated carbocycles. The van der Waals surface area contributed by atoms with Crippen LogP contribution >= 0.6 is 0 Å². The van der Waals surface area contributed by atoms with Crippen LogP contribution in [-0.4, -0.2) is 40.1 Å².